The average molecular weight is 244 g/mol. The van der Waals surface area contributed by atoms with Crippen LogP contribution >= 0.6 is 0 Å². The first kappa shape index (κ1) is 12.3. The molecule has 0 saturated carbocycles. The fourth-order valence-corrected chi connectivity index (χ4v) is 2.04. The first-order chi connectivity index (χ1) is 8.49. The van der Waals surface area contributed by atoms with Gasteiger partial charge in [-0.05, 0) is 48.7 Å². The molecule has 3 heteroatoms. The Morgan fingerprint density at radius 1 is 1.06 bits per heavy atom. The molecule has 0 aromatic heterocycles. The van der Waals surface area contributed by atoms with Gasteiger partial charge in [0.15, 0.2) is 0 Å². The van der Waals surface area contributed by atoms with Crippen molar-refractivity contribution in [3.05, 3.63) is 58.9 Å². The first-order valence-corrected chi connectivity index (χ1v) is 5.59. The van der Waals surface area contributed by atoms with E-state index in [1.54, 1.807) is 0 Å². The summed E-state index contributed by atoms with van der Waals surface area (Å²) in [6.45, 7) is 3.85. The molecular formula is C15H13FO2. The molecular weight excluding hydrogens is 231 g/mol. The van der Waals surface area contributed by atoms with Gasteiger partial charge in [-0.2, -0.15) is 0 Å². The zero-order valence-electron chi connectivity index (χ0n) is 10.2. The van der Waals surface area contributed by atoms with Gasteiger partial charge in [0.2, 0.25) is 0 Å². The molecule has 0 bridgehead atoms. The Bertz CT molecular complexity index is 618. The third-order valence-corrected chi connectivity index (χ3v) is 2.88. The Hall–Kier alpha value is -2.16. The highest BCUT2D eigenvalue weighted by Gasteiger charge is 2.14. The molecule has 0 saturated heterocycles. The van der Waals surface area contributed by atoms with Crippen LogP contribution < -0.4 is 0 Å². The monoisotopic (exact) mass is 244 g/mol. The SMILES string of the molecule is Cc1ccc(-c2cc(F)ccc2C(=O)O)c(C)c1. The van der Waals surface area contributed by atoms with E-state index in [4.69, 9.17) is 5.11 Å². The highest BCUT2D eigenvalue weighted by atomic mass is 19.1. The van der Waals surface area contributed by atoms with Crippen molar-refractivity contribution < 1.29 is 14.3 Å². The molecule has 2 aromatic rings. The number of aromatic carboxylic acids is 1. The van der Waals surface area contributed by atoms with Gasteiger partial charge in [-0.1, -0.05) is 23.8 Å². The minimum absolute atomic E-state index is 0.114. The normalized spacial score (nSPS) is 10.4. The van der Waals surface area contributed by atoms with Crippen LogP contribution in [0.5, 0.6) is 0 Å². The number of hydrogen-bond donors (Lipinski definition) is 1. The molecule has 0 fully saturated rings. The van der Waals surface area contributed by atoms with E-state index >= 15 is 0 Å². The van der Waals surface area contributed by atoms with Crippen molar-refractivity contribution in [2.45, 2.75) is 13.8 Å². The molecule has 92 valence electrons. The van der Waals surface area contributed by atoms with Gasteiger partial charge in [0, 0.05) is 0 Å². The van der Waals surface area contributed by atoms with Crippen LogP contribution in [0.1, 0.15) is 21.5 Å². The molecule has 2 aromatic carbocycles. The number of carboxylic acid groups (broad SMARTS) is 1. The number of halogens is 1. The minimum atomic E-state index is -1.05. The summed E-state index contributed by atoms with van der Waals surface area (Å²) in [6.07, 6.45) is 0. The molecule has 18 heavy (non-hydrogen) atoms. The number of rotatable bonds is 2. The summed E-state index contributed by atoms with van der Waals surface area (Å²) in [6, 6.07) is 9.39. The lowest BCUT2D eigenvalue weighted by Crippen LogP contribution is -2.01. The summed E-state index contributed by atoms with van der Waals surface area (Å²) in [4.78, 5) is 11.2. The van der Waals surface area contributed by atoms with Crippen LogP contribution in [0.2, 0.25) is 0 Å². The van der Waals surface area contributed by atoms with Crippen molar-refractivity contribution in [3.8, 4) is 11.1 Å². The van der Waals surface area contributed by atoms with Crippen LogP contribution in [0.25, 0.3) is 11.1 Å². The molecule has 0 aliphatic rings. The molecule has 0 heterocycles. The van der Waals surface area contributed by atoms with Crippen molar-refractivity contribution in [3.63, 3.8) is 0 Å². The smallest absolute Gasteiger partial charge is 0.336 e. The average Bonchev–Trinajstić information content (AvgIpc) is 2.28. The third-order valence-electron chi connectivity index (χ3n) is 2.88. The predicted octanol–water partition coefficient (Wildman–Crippen LogP) is 3.81. The maximum Gasteiger partial charge on any atom is 0.336 e. The Labute approximate surface area is 105 Å². The van der Waals surface area contributed by atoms with E-state index in [0.29, 0.717) is 5.56 Å². The van der Waals surface area contributed by atoms with E-state index in [-0.39, 0.29) is 5.56 Å². The number of hydrogen-bond acceptors (Lipinski definition) is 1. The van der Waals surface area contributed by atoms with Crippen LogP contribution in [0.15, 0.2) is 36.4 Å². The van der Waals surface area contributed by atoms with E-state index in [9.17, 15) is 9.18 Å². The fourth-order valence-electron chi connectivity index (χ4n) is 2.04. The maximum absolute atomic E-state index is 13.3. The Morgan fingerprint density at radius 3 is 2.39 bits per heavy atom. The van der Waals surface area contributed by atoms with E-state index in [0.717, 1.165) is 22.8 Å². The minimum Gasteiger partial charge on any atom is -0.478 e. The molecule has 0 aliphatic heterocycles. The molecule has 0 unspecified atom stereocenters. The van der Waals surface area contributed by atoms with Gasteiger partial charge in [0.05, 0.1) is 5.56 Å². The molecule has 0 aliphatic carbocycles. The van der Waals surface area contributed by atoms with Crippen molar-refractivity contribution in [2.75, 3.05) is 0 Å². The van der Waals surface area contributed by atoms with Crippen molar-refractivity contribution in [1.82, 2.24) is 0 Å². The highest BCUT2D eigenvalue weighted by Crippen LogP contribution is 2.28. The van der Waals surface area contributed by atoms with E-state index in [2.05, 4.69) is 0 Å². The summed E-state index contributed by atoms with van der Waals surface area (Å²) in [5.41, 5.74) is 3.30. The number of benzene rings is 2. The van der Waals surface area contributed by atoms with Gasteiger partial charge in [-0.3, -0.25) is 0 Å². The summed E-state index contributed by atoms with van der Waals surface area (Å²) in [5.74, 6) is -1.49. The summed E-state index contributed by atoms with van der Waals surface area (Å²) in [5, 5.41) is 9.14. The van der Waals surface area contributed by atoms with Crippen LogP contribution in [0, 0.1) is 19.7 Å². The van der Waals surface area contributed by atoms with Gasteiger partial charge in [-0.25, -0.2) is 9.18 Å². The van der Waals surface area contributed by atoms with Crippen LogP contribution in [0.4, 0.5) is 4.39 Å². The van der Waals surface area contributed by atoms with E-state index in [1.807, 2.05) is 32.0 Å². The Morgan fingerprint density at radius 2 is 1.78 bits per heavy atom. The topological polar surface area (TPSA) is 37.3 Å². The highest BCUT2D eigenvalue weighted by molar-refractivity contribution is 5.96. The molecule has 2 nitrogen and oxygen atoms in total. The summed E-state index contributed by atoms with van der Waals surface area (Å²) in [7, 11) is 0. The van der Waals surface area contributed by atoms with Crippen molar-refractivity contribution >= 4 is 5.97 Å². The lowest BCUT2D eigenvalue weighted by molar-refractivity contribution is 0.0697. The Balaban J connectivity index is 2.69. The lowest BCUT2D eigenvalue weighted by Gasteiger charge is -2.10. The third kappa shape index (κ3) is 2.25. The van der Waals surface area contributed by atoms with E-state index < -0.39 is 11.8 Å². The van der Waals surface area contributed by atoms with Gasteiger partial charge >= 0.3 is 5.97 Å². The van der Waals surface area contributed by atoms with Gasteiger partial charge in [0.1, 0.15) is 5.82 Å². The molecule has 1 N–H and O–H groups in total. The molecule has 0 spiro atoms. The van der Waals surface area contributed by atoms with Gasteiger partial charge in [-0.15, -0.1) is 0 Å². The number of aryl methyl sites for hydroxylation is 2. The largest absolute Gasteiger partial charge is 0.478 e. The Kier molecular flexibility index (Phi) is 3.15. The van der Waals surface area contributed by atoms with Crippen LogP contribution in [-0.4, -0.2) is 11.1 Å². The van der Waals surface area contributed by atoms with Crippen LogP contribution in [0.3, 0.4) is 0 Å². The second kappa shape index (κ2) is 4.61. The standard InChI is InChI=1S/C15H13FO2/c1-9-3-5-12(10(2)7-9)14-8-11(16)4-6-13(14)15(17)18/h3-8H,1-2H3,(H,17,18). The quantitative estimate of drug-likeness (QED) is 0.872. The summed E-state index contributed by atoms with van der Waals surface area (Å²) >= 11 is 0. The molecule has 0 atom stereocenters. The summed E-state index contributed by atoms with van der Waals surface area (Å²) < 4.78 is 13.3. The van der Waals surface area contributed by atoms with Crippen molar-refractivity contribution in [1.29, 1.82) is 0 Å². The number of carbonyl (C=O) groups is 1. The lowest BCUT2D eigenvalue weighted by atomic mass is 9.95. The maximum atomic E-state index is 13.3. The van der Waals surface area contributed by atoms with Gasteiger partial charge in [0.25, 0.3) is 0 Å². The van der Waals surface area contributed by atoms with Gasteiger partial charge < -0.3 is 5.11 Å². The predicted molar refractivity (Wildman–Crippen MR) is 68.3 cm³/mol. The molecule has 0 radical (unpaired) electrons. The molecule has 0 amide bonds. The zero-order valence-corrected chi connectivity index (χ0v) is 10.2. The van der Waals surface area contributed by atoms with Crippen LogP contribution in [-0.2, 0) is 0 Å². The van der Waals surface area contributed by atoms with E-state index in [1.165, 1.54) is 12.1 Å². The first-order valence-electron chi connectivity index (χ1n) is 5.59. The second-order valence-corrected chi connectivity index (χ2v) is 4.31. The van der Waals surface area contributed by atoms with Crippen molar-refractivity contribution in [2.24, 2.45) is 0 Å². The number of carboxylic acids is 1. The second-order valence-electron chi connectivity index (χ2n) is 4.31. The molecule has 2 rings (SSSR count). The fraction of sp³-hybridized carbons (Fsp3) is 0.133. The zero-order chi connectivity index (χ0) is 13.3.